The average molecular weight is 386 g/mol. The van der Waals surface area contributed by atoms with Gasteiger partial charge in [0.25, 0.3) is 0 Å². The number of pyridine rings is 1. The van der Waals surface area contributed by atoms with Gasteiger partial charge in [0.05, 0.1) is 0 Å². The number of anilines is 1. The van der Waals surface area contributed by atoms with Crippen LogP contribution in [0.3, 0.4) is 0 Å². The van der Waals surface area contributed by atoms with Gasteiger partial charge in [0.15, 0.2) is 5.65 Å². The molecule has 3 rings (SSSR count). The molecular formula is C21H31N5O2. The van der Waals surface area contributed by atoms with Gasteiger partial charge in [0.2, 0.25) is 17.7 Å². The Morgan fingerprint density at radius 2 is 2.11 bits per heavy atom. The maximum absolute atomic E-state index is 12.5. The van der Waals surface area contributed by atoms with E-state index in [0.717, 1.165) is 30.4 Å². The molecule has 0 aliphatic heterocycles. The number of nitrogens with zero attached hydrogens (tertiary/aromatic N) is 3. The fraction of sp³-hybridized carbons (Fsp3) is 0.571. The summed E-state index contributed by atoms with van der Waals surface area (Å²) < 4.78 is 7.79. The lowest BCUT2D eigenvalue weighted by atomic mass is 9.92. The normalized spacial score (nSPS) is 15.5. The van der Waals surface area contributed by atoms with E-state index in [9.17, 15) is 4.79 Å². The van der Waals surface area contributed by atoms with Crippen molar-refractivity contribution in [1.29, 1.82) is 0 Å². The number of fused-ring (bicyclic) bond motifs is 1. The highest BCUT2D eigenvalue weighted by Gasteiger charge is 2.27. The minimum Gasteiger partial charge on any atom is -0.471 e. The van der Waals surface area contributed by atoms with Crippen molar-refractivity contribution in [2.24, 2.45) is 11.1 Å². The molecule has 1 amide bonds. The molecule has 3 N–H and O–H groups in total. The van der Waals surface area contributed by atoms with Crippen LogP contribution in [0.25, 0.3) is 11.2 Å². The van der Waals surface area contributed by atoms with E-state index in [0.29, 0.717) is 36.6 Å². The Labute approximate surface area is 166 Å². The van der Waals surface area contributed by atoms with Gasteiger partial charge in [-0.2, -0.15) is 4.98 Å². The Morgan fingerprint density at radius 3 is 2.71 bits per heavy atom. The van der Waals surface area contributed by atoms with Gasteiger partial charge in [-0.1, -0.05) is 33.8 Å². The van der Waals surface area contributed by atoms with E-state index < -0.39 is 0 Å². The fourth-order valence-corrected chi connectivity index (χ4v) is 3.24. The van der Waals surface area contributed by atoms with Gasteiger partial charge in [-0.15, -0.1) is 0 Å². The lowest BCUT2D eigenvalue weighted by Crippen LogP contribution is -2.24. The number of allylic oxidation sites excluding steroid dienone is 1. The molecule has 0 unspecified atom stereocenters. The fourth-order valence-electron chi connectivity index (χ4n) is 3.24. The Morgan fingerprint density at radius 1 is 1.36 bits per heavy atom. The topological polar surface area (TPSA) is 95.1 Å². The second-order valence-electron chi connectivity index (χ2n) is 8.64. The number of carbonyl (C=O) groups is 1. The van der Waals surface area contributed by atoms with Crippen LogP contribution < -0.4 is 15.8 Å². The summed E-state index contributed by atoms with van der Waals surface area (Å²) in [5.74, 6) is 1.05. The minimum atomic E-state index is -0.0808. The third-order valence-electron chi connectivity index (χ3n) is 4.75. The van der Waals surface area contributed by atoms with Gasteiger partial charge in [0.1, 0.15) is 12.1 Å². The number of amides is 1. The molecule has 1 fully saturated rings. The van der Waals surface area contributed by atoms with Gasteiger partial charge < -0.3 is 10.5 Å². The molecule has 2 heterocycles. The molecule has 0 bridgehead atoms. The predicted octanol–water partition coefficient (Wildman–Crippen LogP) is 4.16. The van der Waals surface area contributed by atoms with Crippen molar-refractivity contribution in [3.63, 3.8) is 0 Å². The zero-order chi connectivity index (χ0) is 20.3. The number of hydrogen-bond donors (Lipinski definition) is 2. The zero-order valence-corrected chi connectivity index (χ0v) is 17.3. The van der Waals surface area contributed by atoms with Gasteiger partial charge in [0, 0.05) is 24.2 Å². The first-order valence-electron chi connectivity index (χ1n) is 10.0. The molecular weight excluding hydrogens is 354 g/mol. The molecule has 0 radical (unpaired) electrons. The van der Waals surface area contributed by atoms with Gasteiger partial charge in [-0.3, -0.25) is 14.7 Å². The SMILES string of the molecule is CC/C=C(\N)COc1ccc2nc(NC(=O)CC(C)(C)C)n(C3CCC3)c2n1. The largest absolute Gasteiger partial charge is 0.471 e. The van der Waals surface area contributed by atoms with Crippen molar-refractivity contribution in [3.05, 3.63) is 23.9 Å². The van der Waals surface area contributed by atoms with Crippen LogP contribution >= 0.6 is 0 Å². The third-order valence-corrected chi connectivity index (χ3v) is 4.75. The number of nitrogens with one attached hydrogen (secondary N) is 1. The lowest BCUT2D eigenvalue weighted by Gasteiger charge is -2.28. The van der Waals surface area contributed by atoms with Crippen LogP contribution in [0, 0.1) is 5.41 Å². The number of aromatic nitrogens is 3. The van der Waals surface area contributed by atoms with Gasteiger partial charge in [-0.05, 0) is 37.2 Å². The number of carbonyl (C=O) groups excluding carboxylic acids is 1. The first-order chi connectivity index (χ1) is 13.3. The molecule has 1 saturated carbocycles. The summed E-state index contributed by atoms with van der Waals surface area (Å²) in [5.41, 5.74) is 8.01. The Kier molecular flexibility index (Phi) is 5.91. The molecule has 0 spiro atoms. The second-order valence-corrected chi connectivity index (χ2v) is 8.64. The molecule has 2 aromatic rings. The number of nitrogens with two attached hydrogens (primary N) is 1. The van der Waals surface area contributed by atoms with E-state index in [1.54, 1.807) is 6.07 Å². The minimum absolute atomic E-state index is 0.0303. The van der Waals surface area contributed by atoms with E-state index in [1.165, 1.54) is 6.42 Å². The quantitative estimate of drug-likeness (QED) is 0.746. The van der Waals surface area contributed by atoms with Crippen LogP contribution in [0.5, 0.6) is 5.88 Å². The highest BCUT2D eigenvalue weighted by atomic mass is 16.5. The highest BCUT2D eigenvalue weighted by molar-refractivity contribution is 5.91. The van der Waals surface area contributed by atoms with E-state index in [4.69, 9.17) is 10.5 Å². The van der Waals surface area contributed by atoms with E-state index >= 15 is 0 Å². The summed E-state index contributed by atoms with van der Waals surface area (Å²) in [5, 5.41) is 3.00. The smallest absolute Gasteiger partial charge is 0.227 e. The van der Waals surface area contributed by atoms with Crippen molar-refractivity contribution in [2.45, 2.75) is 65.8 Å². The van der Waals surface area contributed by atoms with Gasteiger partial charge in [-0.25, -0.2) is 4.98 Å². The standard InChI is InChI=1S/C21H31N5O2/c1-5-7-14(22)13-28-18-11-10-16-19(25-18)26(15-8-6-9-15)20(23-16)24-17(27)12-21(2,3)4/h7,10-11,15H,5-6,8-9,12-13,22H2,1-4H3,(H,23,24,27)/b14-7-. The summed E-state index contributed by atoms with van der Waals surface area (Å²) in [6, 6.07) is 3.98. The van der Waals surface area contributed by atoms with E-state index in [2.05, 4.69) is 19.9 Å². The predicted molar refractivity (Wildman–Crippen MR) is 111 cm³/mol. The molecule has 28 heavy (non-hydrogen) atoms. The zero-order valence-electron chi connectivity index (χ0n) is 17.3. The Bertz CT molecular complexity index is 875. The van der Waals surface area contributed by atoms with Gasteiger partial charge >= 0.3 is 0 Å². The summed E-state index contributed by atoms with van der Waals surface area (Å²) in [6.45, 7) is 8.48. The summed E-state index contributed by atoms with van der Waals surface area (Å²) in [4.78, 5) is 21.7. The maximum atomic E-state index is 12.5. The summed E-state index contributed by atoms with van der Waals surface area (Å²) in [6.07, 6.45) is 6.53. The van der Waals surface area contributed by atoms with Crippen molar-refractivity contribution in [3.8, 4) is 5.88 Å². The number of ether oxygens (including phenoxy) is 1. The monoisotopic (exact) mass is 385 g/mol. The maximum Gasteiger partial charge on any atom is 0.227 e. The molecule has 0 atom stereocenters. The van der Waals surface area contributed by atoms with Crippen LogP contribution in [0.1, 0.15) is 65.8 Å². The Hall–Kier alpha value is -2.57. The number of hydrogen-bond acceptors (Lipinski definition) is 5. The van der Waals surface area contributed by atoms with Crippen molar-refractivity contribution >= 4 is 23.0 Å². The van der Waals surface area contributed by atoms with Crippen molar-refractivity contribution in [1.82, 2.24) is 14.5 Å². The molecule has 1 aliphatic rings. The molecule has 1 aliphatic carbocycles. The molecule has 0 saturated heterocycles. The second kappa shape index (κ2) is 8.20. The highest BCUT2D eigenvalue weighted by Crippen LogP contribution is 2.37. The van der Waals surface area contributed by atoms with Crippen LogP contribution in [0.4, 0.5) is 5.95 Å². The Balaban J connectivity index is 1.87. The van der Waals surface area contributed by atoms with Crippen LogP contribution in [-0.2, 0) is 4.79 Å². The van der Waals surface area contributed by atoms with E-state index in [-0.39, 0.29) is 11.3 Å². The van der Waals surface area contributed by atoms with Crippen molar-refractivity contribution in [2.75, 3.05) is 11.9 Å². The molecule has 0 aromatic carbocycles. The average Bonchev–Trinajstić information content (AvgIpc) is 2.87. The first-order valence-corrected chi connectivity index (χ1v) is 10.0. The summed E-state index contributed by atoms with van der Waals surface area (Å²) in [7, 11) is 0. The molecule has 152 valence electrons. The van der Waals surface area contributed by atoms with Crippen LogP contribution in [-0.4, -0.2) is 27.0 Å². The van der Waals surface area contributed by atoms with E-state index in [1.807, 2.05) is 39.8 Å². The molecule has 7 heteroatoms. The number of rotatable bonds is 7. The van der Waals surface area contributed by atoms with Crippen LogP contribution in [0.2, 0.25) is 0 Å². The number of imidazole rings is 1. The van der Waals surface area contributed by atoms with Crippen molar-refractivity contribution < 1.29 is 9.53 Å². The third kappa shape index (κ3) is 4.82. The molecule has 2 aromatic heterocycles. The van der Waals surface area contributed by atoms with Crippen LogP contribution in [0.15, 0.2) is 23.9 Å². The lowest BCUT2D eigenvalue weighted by molar-refractivity contribution is -0.117. The first kappa shape index (κ1) is 20.2. The summed E-state index contributed by atoms with van der Waals surface area (Å²) >= 11 is 0. The molecule has 7 nitrogen and oxygen atoms in total.